The van der Waals surface area contributed by atoms with E-state index in [9.17, 15) is 0 Å². The van der Waals surface area contributed by atoms with Crippen molar-refractivity contribution in [3.8, 4) is 6.07 Å². The minimum atomic E-state index is 0.147. The molecule has 0 radical (unpaired) electrons. The van der Waals surface area contributed by atoms with Crippen molar-refractivity contribution in [3.63, 3.8) is 0 Å². The average Bonchev–Trinajstić information content (AvgIpc) is 2.13. The third-order valence-corrected chi connectivity index (χ3v) is 2.13. The highest BCUT2D eigenvalue weighted by molar-refractivity contribution is 5.03. The van der Waals surface area contributed by atoms with Crippen LogP contribution in [0.25, 0.3) is 0 Å². The summed E-state index contributed by atoms with van der Waals surface area (Å²) in [5.41, 5.74) is 2.77. The molecule has 0 aliphatic heterocycles. The van der Waals surface area contributed by atoms with Crippen LogP contribution < -0.4 is 0 Å². The first-order valence-corrected chi connectivity index (χ1v) is 5.25. The summed E-state index contributed by atoms with van der Waals surface area (Å²) in [5.74, 6) is 0.147. The first-order valence-electron chi connectivity index (χ1n) is 5.25. The van der Waals surface area contributed by atoms with Crippen LogP contribution in [0.15, 0.2) is 23.3 Å². The minimum Gasteiger partial charge on any atom is -0.198 e. The molecule has 0 aliphatic rings. The highest BCUT2D eigenvalue weighted by Crippen LogP contribution is 2.10. The Morgan fingerprint density at radius 1 is 1.29 bits per heavy atom. The molecule has 0 saturated heterocycles. The zero-order valence-electron chi connectivity index (χ0n) is 9.80. The number of nitrogens with zero attached hydrogens (tertiary/aromatic N) is 1. The van der Waals surface area contributed by atoms with E-state index in [1.165, 1.54) is 11.1 Å². The van der Waals surface area contributed by atoms with Gasteiger partial charge in [0.1, 0.15) is 0 Å². The van der Waals surface area contributed by atoms with Crippen molar-refractivity contribution in [2.45, 2.75) is 47.0 Å². The number of rotatable bonds is 5. The predicted molar refractivity (Wildman–Crippen MR) is 61.8 cm³/mol. The molecule has 14 heavy (non-hydrogen) atoms. The number of allylic oxidation sites excluding steroid dienone is 4. The minimum absolute atomic E-state index is 0.147. The molecule has 0 rings (SSSR count). The summed E-state index contributed by atoms with van der Waals surface area (Å²) in [4.78, 5) is 0. The maximum absolute atomic E-state index is 8.61. The van der Waals surface area contributed by atoms with Crippen molar-refractivity contribution >= 4 is 0 Å². The van der Waals surface area contributed by atoms with Crippen molar-refractivity contribution in [1.82, 2.24) is 0 Å². The SMILES string of the molecule is CC(C)=CCC/C(C)=C/CC(C)C#N. The molecule has 0 fully saturated rings. The Morgan fingerprint density at radius 2 is 1.93 bits per heavy atom. The van der Waals surface area contributed by atoms with E-state index < -0.39 is 0 Å². The van der Waals surface area contributed by atoms with Crippen molar-refractivity contribution in [2.75, 3.05) is 0 Å². The molecule has 0 bridgehead atoms. The Morgan fingerprint density at radius 3 is 2.43 bits per heavy atom. The smallest absolute Gasteiger partial charge is 0.0656 e. The summed E-state index contributed by atoms with van der Waals surface area (Å²) in [7, 11) is 0. The monoisotopic (exact) mass is 191 g/mol. The van der Waals surface area contributed by atoms with Gasteiger partial charge in [-0.05, 0) is 47.0 Å². The quantitative estimate of drug-likeness (QED) is 0.596. The molecule has 1 atom stereocenters. The molecule has 0 aromatic heterocycles. The molecule has 0 aromatic carbocycles. The second-order valence-electron chi connectivity index (χ2n) is 4.14. The first-order chi connectivity index (χ1) is 6.56. The number of hydrogen-bond donors (Lipinski definition) is 0. The van der Waals surface area contributed by atoms with Crippen molar-refractivity contribution in [2.24, 2.45) is 5.92 Å². The summed E-state index contributed by atoms with van der Waals surface area (Å²) < 4.78 is 0. The van der Waals surface area contributed by atoms with Crippen molar-refractivity contribution in [3.05, 3.63) is 23.3 Å². The predicted octanol–water partition coefficient (Wildman–Crippen LogP) is 4.23. The standard InChI is InChI=1S/C13H21N/c1-11(2)6-5-7-12(3)8-9-13(4)10-14/h6,8,13H,5,7,9H2,1-4H3/b12-8+. The lowest BCUT2D eigenvalue weighted by molar-refractivity contribution is 0.751. The van der Waals surface area contributed by atoms with Crippen LogP contribution in [-0.4, -0.2) is 0 Å². The van der Waals surface area contributed by atoms with Crippen molar-refractivity contribution in [1.29, 1.82) is 5.26 Å². The van der Waals surface area contributed by atoms with Crippen LogP contribution in [0.4, 0.5) is 0 Å². The van der Waals surface area contributed by atoms with Gasteiger partial charge in [0, 0.05) is 5.92 Å². The topological polar surface area (TPSA) is 23.8 Å². The lowest BCUT2D eigenvalue weighted by Crippen LogP contribution is -1.87. The van der Waals surface area contributed by atoms with Gasteiger partial charge < -0.3 is 0 Å². The van der Waals surface area contributed by atoms with E-state index in [0.717, 1.165) is 19.3 Å². The third kappa shape index (κ3) is 7.61. The number of nitriles is 1. The van der Waals surface area contributed by atoms with Crippen LogP contribution in [0.3, 0.4) is 0 Å². The van der Waals surface area contributed by atoms with Gasteiger partial charge in [0.2, 0.25) is 0 Å². The maximum Gasteiger partial charge on any atom is 0.0656 e. The summed E-state index contributed by atoms with van der Waals surface area (Å²) in [6.07, 6.45) is 7.56. The molecular formula is C13H21N. The molecule has 0 spiro atoms. The van der Waals surface area contributed by atoms with E-state index in [0.29, 0.717) is 0 Å². The molecule has 1 nitrogen and oxygen atoms in total. The van der Waals surface area contributed by atoms with E-state index in [2.05, 4.69) is 39.0 Å². The summed E-state index contributed by atoms with van der Waals surface area (Å²) in [6.45, 7) is 8.34. The highest BCUT2D eigenvalue weighted by atomic mass is 14.2. The molecular weight excluding hydrogens is 170 g/mol. The fourth-order valence-electron chi connectivity index (χ4n) is 1.12. The molecule has 78 valence electrons. The molecule has 0 heterocycles. The van der Waals surface area contributed by atoms with Gasteiger partial charge in [-0.2, -0.15) is 5.26 Å². The van der Waals surface area contributed by atoms with Crippen LogP contribution in [0, 0.1) is 17.2 Å². The second kappa shape index (κ2) is 7.38. The van der Waals surface area contributed by atoms with Crippen LogP contribution in [0.2, 0.25) is 0 Å². The molecule has 0 aliphatic carbocycles. The zero-order chi connectivity index (χ0) is 11.0. The summed E-state index contributed by atoms with van der Waals surface area (Å²) in [6, 6.07) is 2.24. The average molecular weight is 191 g/mol. The fraction of sp³-hybridized carbons (Fsp3) is 0.615. The first kappa shape index (κ1) is 13.0. The summed E-state index contributed by atoms with van der Waals surface area (Å²) >= 11 is 0. The van der Waals surface area contributed by atoms with Gasteiger partial charge in [0.15, 0.2) is 0 Å². The molecule has 0 amide bonds. The van der Waals surface area contributed by atoms with Crippen molar-refractivity contribution < 1.29 is 0 Å². The zero-order valence-corrected chi connectivity index (χ0v) is 9.80. The van der Waals surface area contributed by atoms with Gasteiger partial charge in [0.25, 0.3) is 0 Å². The van der Waals surface area contributed by atoms with E-state index >= 15 is 0 Å². The highest BCUT2D eigenvalue weighted by Gasteiger charge is 1.96. The van der Waals surface area contributed by atoms with Crippen LogP contribution in [0.5, 0.6) is 0 Å². The summed E-state index contributed by atoms with van der Waals surface area (Å²) in [5, 5.41) is 8.61. The Labute approximate surface area is 88.1 Å². The maximum atomic E-state index is 8.61. The van der Waals surface area contributed by atoms with E-state index in [4.69, 9.17) is 5.26 Å². The van der Waals surface area contributed by atoms with Gasteiger partial charge >= 0.3 is 0 Å². The van der Waals surface area contributed by atoms with E-state index in [1.807, 2.05) is 6.92 Å². The molecule has 1 heteroatoms. The normalized spacial score (nSPS) is 13.2. The van der Waals surface area contributed by atoms with Gasteiger partial charge in [0.05, 0.1) is 6.07 Å². The fourth-order valence-corrected chi connectivity index (χ4v) is 1.12. The third-order valence-electron chi connectivity index (χ3n) is 2.13. The molecule has 0 saturated carbocycles. The van der Waals surface area contributed by atoms with Gasteiger partial charge in [-0.3, -0.25) is 0 Å². The van der Waals surface area contributed by atoms with Crippen LogP contribution >= 0.6 is 0 Å². The van der Waals surface area contributed by atoms with Gasteiger partial charge in [-0.1, -0.05) is 23.3 Å². The Bertz CT molecular complexity index is 249. The van der Waals surface area contributed by atoms with Gasteiger partial charge in [-0.15, -0.1) is 0 Å². The molecule has 0 N–H and O–H groups in total. The number of hydrogen-bond acceptors (Lipinski definition) is 1. The second-order valence-corrected chi connectivity index (χ2v) is 4.14. The van der Waals surface area contributed by atoms with Crippen LogP contribution in [0.1, 0.15) is 47.0 Å². The Balaban J connectivity index is 3.79. The largest absolute Gasteiger partial charge is 0.198 e. The molecule has 1 unspecified atom stereocenters. The van der Waals surface area contributed by atoms with E-state index in [-0.39, 0.29) is 5.92 Å². The Kier molecular flexibility index (Phi) is 6.84. The lowest BCUT2D eigenvalue weighted by Gasteiger charge is -2.00. The van der Waals surface area contributed by atoms with Gasteiger partial charge in [-0.25, -0.2) is 0 Å². The van der Waals surface area contributed by atoms with E-state index in [1.54, 1.807) is 0 Å². The van der Waals surface area contributed by atoms with Crippen LogP contribution in [-0.2, 0) is 0 Å². The Hall–Kier alpha value is -1.03. The lowest BCUT2D eigenvalue weighted by atomic mass is 10.0. The molecule has 0 aromatic rings.